The standard InChI is InChI=1S/C22H18Cl2N2O2S/c23-18-9-8-16(11-19(18)24)20-12-17(28-25-20)14-26(13-15-5-2-1-3-6-15)22(27)21-7-4-10-29-21/h1-11,17H,12-14H2. The Morgan fingerprint density at radius 2 is 1.93 bits per heavy atom. The van der Waals surface area contributed by atoms with E-state index in [1.165, 1.54) is 11.3 Å². The third-order valence-electron chi connectivity index (χ3n) is 4.65. The molecule has 2 aromatic carbocycles. The molecule has 0 aliphatic carbocycles. The summed E-state index contributed by atoms with van der Waals surface area (Å²) in [5.41, 5.74) is 2.75. The first kappa shape index (κ1) is 20.0. The Kier molecular flexibility index (Phi) is 6.19. The number of carbonyl (C=O) groups is 1. The van der Waals surface area contributed by atoms with Crippen LogP contribution >= 0.6 is 34.5 Å². The minimum absolute atomic E-state index is 0.00422. The number of hydrogen-bond acceptors (Lipinski definition) is 4. The van der Waals surface area contributed by atoms with Crippen LogP contribution in [-0.2, 0) is 11.4 Å². The maximum absolute atomic E-state index is 13.0. The number of oxime groups is 1. The lowest BCUT2D eigenvalue weighted by atomic mass is 10.0. The van der Waals surface area contributed by atoms with Gasteiger partial charge in [-0.2, -0.15) is 0 Å². The van der Waals surface area contributed by atoms with Gasteiger partial charge in [0, 0.05) is 18.5 Å². The molecule has 2 heterocycles. The summed E-state index contributed by atoms with van der Waals surface area (Å²) in [6.45, 7) is 0.958. The maximum atomic E-state index is 13.0. The minimum Gasteiger partial charge on any atom is -0.390 e. The van der Waals surface area contributed by atoms with Crippen molar-refractivity contribution in [3.8, 4) is 0 Å². The van der Waals surface area contributed by atoms with Crippen molar-refractivity contribution in [3.63, 3.8) is 0 Å². The maximum Gasteiger partial charge on any atom is 0.264 e. The fourth-order valence-corrected chi connectivity index (χ4v) is 4.19. The summed E-state index contributed by atoms with van der Waals surface area (Å²) in [5, 5.41) is 7.11. The monoisotopic (exact) mass is 444 g/mol. The summed E-state index contributed by atoms with van der Waals surface area (Å²) in [7, 11) is 0. The van der Waals surface area contributed by atoms with Crippen molar-refractivity contribution >= 4 is 46.2 Å². The molecular weight excluding hydrogens is 427 g/mol. The van der Waals surface area contributed by atoms with Crippen LogP contribution in [-0.4, -0.2) is 29.2 Å². The summed E-state index contributed by atoms with van der Waals surface area (Å²) in [4.78, 5) is 21.2. The van der Waals surface area contributed by atoms with Gasteiger partial charge in [-0.05, 0) is 29.1 Å². The van der Waals surface area contributed by atoms with Crippen molar-refractivity contribution in [3.05, 3.63) is 92.1 Å². The largest absolute Gasteiger partial charge is 0.390 e. The van der Waals surface area contributed by atoms with Crippen molar-refractivity contribution < 1.29 is 9.63 Å². The van der Waals surface area contributed by atoms with Crippen LogP contribution in [0.2, 0.25) is 10.0 Å². The highest BCUT2D eigenvalue weighted by molar-refractivity contribution is 7.12. The Hall–Kier alpha value is -2.34. The van der Waals surface area contributed by atoms with E-state index >= 15 is 0 Å². The Labute approximate surface area is 183 Å². The van der Waals surface area contributed by atoms with Crippen LogP contribution in [0.1, 0.15) is 27.2 Å². The minimum atomic E-state index is -0.216. The summed E-state index contributed by atoms with van der Waals surface area (Å²) in [6.07, 6.45) is 0.383. The Bertz CT molecular complexity index is 1020. The summed E-state index contributed by atoms with van der Waals surface area (Å²) in [6, 6.07) is 19.1. The molecule has 29 heavy (non-hydrogen) atoms. The van der Waals surface area contributed by atoms with Gasteiger partial charge in [0.1, 0.15) is 0 Å². The molecule has 0 bridgehead atoms. The lowest BCUT2D eigenvalue weighted by molar-refractivity contribution is 0.0408. The average Bonchev–Trinajstić information content (AvgIpc) is 3.42. The highest BCUT2D eigenvalue weighted by atomic mass is 35.5. The molecule has 1 aliphatic heterocycles. The van der Waals surface area contributed by atoms with E-state index in [9.17, 15) is 4.79 Å². The zero-order valence-electron chi connectivity index (χ0n) is 15.4. The van der Waals surface area contributed by atoms with Crippen molar-refractivity contribution in [2.24, 2.45) is 5.16 Å². The van der Waals surface area contributed by atoms with Crippen LogP contribution in [0.15, 0.2) is 71.2 Å². The molecule has 0 saturated heterocycles. The van der Waals surface area contributed by atoms with E-state index < -0.39 is 0 Å². The molecule has 0 radical (unpaired) electrons. The predicted octanol–water partition coefficient (Wildman–Crippen LogP) is 5.89. The molecule has 3 aromatic rings. The second-order valence-electron chi connectivity index (χ2n) is 6.75. The molecule has 1 aromatic heterocycles. The molecule has 148 valence electrons. The lowest BCUT2D eigenvalue weighted by Gasteiger charge is -2.24. The van der Waals surface area contributed by atoms with Gasteiger partial charge < -0.3 is 9.74 Å². The van der Waals surface area contributed by atoms with E-state index in [-0.39, 0.29) is 12.0 Å². The fraction of sp³-hybridized carbons (Fsp3) is 0.182. The van der Waals surface area contributed by atoms with Gasteiger partial charge in [0.05, 0.1) is 27.2 Å². The first-order chi connectivity index (χ1) is 14.1. The number of rotatable bonds is 6. The molecule has 1 aliphatic rings. The summed E-state index contributed by atoms with van der Waals surface area (Å²) < 4.78 is 0. The summed E-state index contributed by atoms with van der Waals surface area (Å²) in [5.74, 6) is -0.00422. The number of benzene rings is 2. The van der Waals surface area contributed by atoms with E-state index in [1.807, 2.05) is 58.8 Å². The molecular formula is C22H18Cl2N2O2S. The first-order valence-electron chi connectivity index (χ1n) is 9.15. The molecule has 7 heteroatoms. The van der Waals surface area contributed by atoms with Crippen molar-refractivity contribution in [1.82, 2.24) is 4.90 Å². The van der Waals surface area contributed by atoms with Crippen LogP contribution < -0.4 is 0 Å². The molecule has 0 saturated carbocycles. The van der Waals surface area contributed by atoms with E-state index in [1.54, 1.807) is 12.1 Å². The molecule has 0 N–H and O–H groups in total. The third kappa shape index (κ3) is 4.81. The van der Waals surface area contributed by atoms with Crippen molar-refractivity contribution in [2.45, 2.75) is 19.1 Å². The first-order valence-corrected chi connectivity index (χ1v) is 10.8. The lowest BCUT2D eigenvalue weighted by Crippen LogP contribution is -2.37. The number of halogens is 2. The second kappa shape index (κ2) is 8.99. The van der Waals surface area contributed by atoms with Crippen LogP contribution in [0.25, 0.3) is 0 Å². The Morgan fingerprint density at radius 1 is 1.10 bits per heavy atom. The highest BCUT2D eigenvalue weighted by Crippen LogP contribution is 2.26. The van der Waals surface area contributed by atoms with Gasteiger partial charge in [-0.3, -0.25) is 4.79 Å². The fourth-order valence-electron chi connectivity index (χ4n) is 3.20. The smallest absolute Gasteiger partial charge is 0.264 e. The van der Waals surface area contributed by atoms with Gasteiger partial charge in [-0.1, -0.05) is 70.8 Å². The van der Waals surface area contributed by atoms with E-state index in [4.69, 9.17) is 28.0 Å². The van der Waals surface area contributed by atoms with Gasteiger partial charge in [0.15, 0.2) is 6.10 Å². The Balaban J connectivity index is 1.48. The molecule has 4 nitrogen and oxygen atoms in total. The molecule has 1 amide bonds. The van der Waals surface area contributed by atoms with Gasteiger partial charge in [-0.25, -0.2) is 0 Å². The van der Waals surface area contributed by atoms with Gasteiger partial charge >= 0.3 is 0 Å². The zero-order chi connectivity index (χ0) is 20.2. The molecule has 1 unspecified atom stereocenters. The van der Waals surface area contributed by atoms with Gasteiger partial charge in [-0.15, -0.1) is 11.3 Å². The molecule has 1 atom stereocenters. The predicted molar refractivity (Wildman–Crippen MR) is 118 cm³/mol. The van der Waals surface area contributed by atoms with Crippen molar-refractivity contribution in [2.75, 3.05) is 6.54 Å². The molecule has 4 rings (SSSR count). The van der Waals surface area contributed by atoms with E-state index in [2.05, 4.69) is 5.16 Å². The quantitative estimate of drug-likeness (QED) is 0.475. The molecule has 0 spiro atoms. The number of hydrogen-bond donors (Lipinski definition) is 0. The van der Waals surface area contributed by atoms with E-state index in [0.29, 0.717) is 34.4 Å². The van der Waals surface area contributed by atoms with Gasteiger partial charge in [0.25, 0.3) is 5.91 Å². The number of thiophene rings is 1. The van der Waals surface area contributed by atoms with E-state index in [0.717, 1.165) is 16.8 Å². The number of nitrogens with zero attached hydrogens (tertiary/aromatic N) is 2. The highest BCUT2D eigenvalue weighted by Gasteiger charge is 2.28. The zero-order valence-corrected chi connectivity index (χ0v) is 17.8. The molecule has 0 fully saturated rings. The average molecular weight is 445 g/mol. The SMILES string of the molecule is O=C(c1cccs1)N(Cc1ccccc1)CC1CC(c2ccc(Cl)c(Cl)c2)=NO1. The number of carbonyl (C=O) groups excluding carboxylic acids is 1. The van der Waals surface area contributed by atoms with Crippen molar-refractivity contribution in [1.29, 1.82) is 0 Å². The summed E-state index contributed by atoms with van der Waals surface area (Å²) >= 11 is 13.6. The van der Waals surface area contributed by atoms with Crippen LogP contribution in [0, 0.1) is 0 Å². The normalized spacial score (nSPS) is 15.7. The third-order valence-corrected chi connectivity index (χ3v) is 6.24. The van der Waals surface area contributed by atoms with Crippen LogP contribution in [0.5, 0.6) is 0 Å². The van der Waals surface area contributed by atoms with Crippen LogP contribution in [0.3, 0.4) is 0 Å². The topological polar surface area (TPSA) is 41.9 Å². The number of amides is 1. The van der Waals surface area contributed by atoms with Gasteiger partial charge in [0.2, 0.25) is 0 Å². The second-order valence-corrected chi connectivity index (χ2v) is 8.51. The Morgan fingerprint density at radius 3 is 2.66 bits per heavy atom. The van der Waals surface area contributed by atoms with Crippen LogP contribution in [0.4, 0.5) is 0 Å².